The highest BCUT2D eigenvalue weighted by molar-refractivity contribution is 5.85. The Hall–Kier alpha value is -2.61. The molecule has 0 N–H and O–H groups in total. The van der Waals surface area contributed by atoms with Gasteiger partial charge in [0.05, 0.1) is 13.1 Å². The van der Waals surface area contributed by atoms with Crippen LogP contribution in [0.5, 0.6) is 0 Å². The summed E-state index contributed by atoms with van der Waals surface area (Å²) in [5.74, 6) is 6.25. The molecule has 1 unspecified atom stereocenters. The van der Waals surface area contributed by atoms with E-state index >= 15 is 0 Å². The van der Waals surface area contributed by atoms with Gasteiger partial charge < -0.3 is 14.3 Å². The second-order valence-corrected chi connectivity index (χ2v) is 8.93. The van der Waals surface area contributed by atoms with Gasteiger partial charge in [-0.05, 0) is 23.5 Å². The summed E-state index contributed by atoms with van der Waals surface area (Å²) >= 11 is 0. The lowest BCUT2D eigenvalue weighted by Gasteiger charge is -2.52. The number of ether oxygens (including phenoxy) is 1. The monoisotopic (exact) mass is 417 g/mol. The van der Waals surface area contributed by atoms with Crippen LogP contribution in [0.1, 0.15) is 43.7 Å². The van der Waals surface area contributed by atoms with Gasteiger partial charge in [-0.15, -0.1) is 0 Å². The molecule has 2 aromatic rings. The van der Waals surface area contributed by atoms with Crippen LogP contribution in [0.25, 0.3) is 0 Å². The molecule has 1 atom stereocenters. The fourth-order valence-corrected chi connectivity index (χ4v) is 4.98. The van der Waals surface area contributed by atoms with Crippen LogP contribution >= 0.6 is 0 Å². The van der Waals surface area contributed by atoms with Gasteiger partial charge in [-0.2, -0.15) is 0 Å². The van der Waals surface area contributed by atoms with E-state index in [1.807, 2.05) is 12.1 Å². The van der Waals surface area contributed by atoms with E-state index in [0.29, 0.717) is 17.0 Å². The van der Waals surface area contributed by atoms with E-state index in [2.05, 4.69) is 18.8 Å². The van der Waals surface area contributed by atoms with Crippen LogP contribution in [-0.2, 0) is 15.1 Å². The Labute approximate surface area is 185 Å². The molecule has 0 aliphatic carbocycles. The average molecular weight is 418 g/mol. The maximum Gasteiger partial charge on any atom is 0.304 e. The van der Waals surface area contributed by atoms with Crippen molar-refractivity contribution in [2.24, 2.45) is 5.92 Å². The molecular weight excluding hydrogens is 386 g/mol. The number of quaternary nitrogens is 1. The highest BCUT2D eigenvalue weighted by Gasteiger charge is 2.48. The summed E-state index contributed by atoms with van der Waals surface area (Å²) in [4.78, 5) is 13.4. The number of hydrogen-bond acceptors (Lipinski definition) is 3. The molecule has 2 bridgehead atoms. The zero-order valence-electron chi connectivity index (χ0n) is 18.3. The number of fused-ring (bicyclic) bond motifs is 3. The van der Waals surface area contributed by atoms with E-state index in [1.165, 1.54) is 0 Å². The van der Waals surface area contributed by atoms with Gasteiger partial charge in [0.2, 0.25) is 0 Å². The van der Waals surface area contributed by atoms with Crippen molar-refractivity contribution in [2.75, 3.05) is 26.2 Å². The Morgan fingerprint density at radius 2 is 1.61 bits per heavy atom. The second-order valence-electron chi connectivity index (χ2n) is 8.93. The molecule has 4 nitrogen and oxygen atoms in total. The largest absolute Gasteiger partial charge is 0.834 e. The summed E-state index contributed by atoms with van der Waals surface area (Å²) in [6.45, 7) is 5.87. The highest BCUT2D eigenvalue weighted by Crippen LogP contribution is 2.37. The van der Waals surface area contributed by atoms with Crippen molar-refractivity contribution in [3.05, 3.63) is 71.8 Å². The molecule has 0 radical (unpaired) electrons. The first kappa shape index (κ1) is 21.6. The van der Waals surface area contributed by atoms with Crippen molar-refractivity contribution in [3.63, 3.8) is 0 Å². The zero-order valence-corrected chi connectivity index (χ0v) is 18.3. The third-order valence-corrected chi connectivity index (χ3v) is 6.86. The van der Waals surface area contributed by atoms with Gasteiger partial charge in [0.1, 0.15) is 13.1 Å². The maximum absolute atomic E-state index is 14.1. The molecule has 0 spiro atoms. The summed E-state index contributed by atoms with van der Waals surface area (Å²) < 4.78 is 6.92. The van der Waals surface area contributed by atoms with Crippen molar-refractivity contribution >= 4 is 5.97 Å². The number of esters is 1. The van der Waals surface area contributed by atoms with Crippen LogP contribution < -0.4 is 5.11 Å². The fourth-order valence-electron chi connectivity index (χ4n) is 4.98. The van der Waals surface area contributed by atoms with Crippen LogP contribution in [-0.4, -0.2) is 42.7 Å². The number of carbonyl (C=O) groups is 1. The number of benzene rings is 2. The molecule has 0 aromatic heterocycles. The SMILES string of the molecule is CCCC#CC[N+]12CCC(CC1)C(OC(=O)C([O-])(c1ccccc1)c1ccccc1)C2. The van der Waals surface area contributed by atoms with E-state index in [-0.39, 0.29) is 6.10 Å². The van der Waals surface area contributed by atoms with Crippen LogP contribution in [0.3, 0.4) is 0 Å². The standard InChI is InChI=1S/C27H31NO3/c1-2-3-4-11-18-28-19-16-22(17-20-28)25(21-28)31-26(29)27(30,23-12-7-5-8-13-23)24-14-9-6-10-15-24/h5-10,12-15,22,25H,2-3,16-21H2,1H3. The lowest BCUT2D eigenvalue weighted by atomic mass is 9.82. The van der Waals surface area contributed by atoms with Crippen LogP contribution in [0, 0.1) is 17.8 Å². The Morgan fingerprint density at radius 3 is 2.16 bits per heavy atom. The zero-order chi connectivity index (χ0) is 21.7. The normalized spacial score (nSPS) is 24.8. The minimum Gasteiger partial charge on any atom is -0.834 e. The summed E-state index contributed by atoms with van der Waals surface area (Å²) in [6.07, 6.45) is 3.82. The third-order valence-electron chi connectivity index (χ3n) is 6.86. The number of piperidine rings is 3. The minimum atomic E-state index is -2.07. The van der Waals surface area contributed by atoms with Crippen LogP contribution in [0.15, 0.2) is 60.7 Å². The first-order chi connectivity index (χ1) is 15.1. The van der Waals surface area contributed by atoms with Crippen LogP contribution in [0.2, 0.25) is 0 Å². The summed E-state index contributed by atoms with van der Waals surface area (Å²) in [5.41, 5.74) is -1.23. The third kappa shape index (κ3) is 4.39. The molecule has 3 heterocycles. The van der Waals surface area contributed by atoms with Crippen LogP contribution in [0.4, 0.5) is 0 Å². The Kier molecular flexibility index (Phi) is 6.46. The average Bonchev–Trinajstić information content (AvgIpc) is 2.83. The maximum atomic E-state index is 14.1. The van der Waals surface area contributed by atoms with Crippen molar-refractivity contribution in [1.29, 1.82) is 0 Å². The molecule has 0 amide bonds. The quantitative estimate of drug-likeness (QED) is 0.412. The second kappa shape index (κ2) is 9.26. The van der Waals surface area contributed by atoms with Crippen molar-refractivity contribution in [2.45, 2.75) is 44.3 Å². The minimum absolute atomic E-state index is 0.219. The van der Waals surface area contributed by atoms with Crippen molar-refractivity contribution in [1.82, 2.24) is 0 Å². The van der Waals surface area contributed by atoms with Gasteiger partial charge in [-0.25, -0.2) is 0 Å². The first-order valence-corrected chi connectivity index (χ1v) is 11.4. The number of rotatable bonds is 6. The van der Waals surface area contributed by atoms with E-state index < -0.39 is 11.6 Å². The molecular formula is C27H31NO3. The number of unbranched alkanes of at least 4 members (excludes halogenated alkanes) is 1. The van der Waals surface area contributed by atoms with Crippen molar-refractivity contribution in [3.8, 4) is 11.8 Å². The number of carbonyl (C=O) groups excluding carboxylic acids is 1. The molecule has 3 aliphatic heterocycles. The summed E-state index contributed by atoms with van der Waals surface area (Å²) in [5, 5.41) is 14.1. The molecule has 3 saturated heterocycles. The molecule has 2 aromatic carbocycles. The Morgan fingerprint density at radius 1 is 1.03 bits per heavy atom. The molecule has 3 fully saturated rings. The van der Waals surface area contributed by atoms with Crippen molar-refractivity contribution < 1.29 is 19.1 Å². The number of nitrogens with zero attached hydrogens (tertiary/aromatic N) is 1. The summed E-state index contributed by atoms with van der Waals surface area (Å²) in [6, 6.07) is 17.7. The fraction of sp³-hybridized carbons (Fsp3) is 0.444. The number of hydrogen-bond donors (Lipinski definition) is 0. The molecule has 3 aliphatic rings. The molecule has 5 rings (SSSR count). The Balaban J connectivity index is 1.56. The van der Waals surface area contributed by atoms with Gasteiger partial charge in [0, 0.05) is 30.8 Å². The molecule has 31 heavy (non-hydrogen) atoms. The molecule has 0 saturated carbocycles. The lowest BCUT2D eigenvalue weighted by Crippen LogP contribution is -2.65. The van der Waals surface area contributed by atoms with Gasteiger partial charge in [-0.1, -0.05) is 73.5 Å². The van der Waals surface area contributed by atoms with E-state index in [1.54, 1.807) is 48.5 Å². The van der Waals surface area contributed by atoms with Gasteiger partial charge >= 0.3 is 5.97 Å². The van der Waals surface area contributed by atoms with E-state index in [9.17, 15) is 9.90 Å². The smallest absolute Gasteiger partial charge is 0.304 e. The Bertz CT molecular complexity index is 897. The van der Waals surface area contributed by atoms with E-state index in [0.717, 1.165) is 56.3 Å². The van der Waals surface area contributed by atoms with Gasteiger partial charge in [-0.3, -0.25) is 4.79 Å². The summed E-state index contributed by atoms with van der Waals surface area (Å²) in [7, 11) is 0. The topological polar surface area (TPSA) is 49.4 Å². The lowest BCUT2D eigenvalue weighted by molar-refractivity contribution is -0.939. The predicted octanol–water partition coefficient (Wildman–Crippen LogP) is 3.25. The van der Waals surface area contributed by atoms with E-state index in [4.69, 9.17) is 4.74 Å². The molecule has 162 valence electrons. The predicted molar refractivity (Wildman–Crippen MR) is 119 cm³/mol. The first-order valence-electron chi connectivity index (χ1n) is 11.4. The highest BCUT2D eigenvalue weighted by atomic mass is 16.6. The van der Waals surface area contributed by atoms with Gasteiger partial charge in [0.15, 0.2) is 6.10 Å². The van der Waals surface area contributed by atoms with Gasteiger partial charge in [0.25, 0.3) is 0 Å². The molecule has 4 heteroatoms.